The van der Waals surface area contributed by atoms with Crippen molar-refractivity contribution < 1.29 is 14.7 Å². The van der Waals surface area contributed by atoms with Crippen LogP contribution in [0, 0.1) is 0 Å². The zero-order valence-corrected chi connectivity index (χ0v) is 10.8. The van der Waals surface area contributed by atoms with Gasteiger partial charge in [0.2, 0.25) is 5.78 Å². The van der Waals surface area contributed by atoms with E-state index in [4.69, 9.17) is 5.11 Å². The molecule has 3 nitrogen and oxygen atoms in total. The molecule has 0 spiro atoms. The van der Waals surface area contributed by atoms with Gasteiger partial charge in [-0.25, -0.2) is 4.79 Å². The van der Waals surface area contributed by atoms with Crippen LogP contribution >= 0.6 is 0 Å². The molecule has 0 aliphatic rings. The monoisotopic (exact) mass is 240 g/mol. The first-order chi connectivity index (χ1) is 8.18. The Morgan fingerprint density at radius 1 is 0.941 bits per heavy atom. The molecule has 0 aliphatic carbocycles. The number of hydrogen-bond donors (Lipinski definition) is 1. The first-order valence-electron chi connectivity index (χ1n) is 6.59. The number of allylic oxidation sites excluding steroid dienone is 2. The molecule has 0 rings (SSSR count). The van der Waals surface area contributed by atoms with Crippen LogP contribution in [0.15, 0.2) is 12.2 Å². The fraction of sp³-hybridized carbons (Fsp3) is 0.714. The van der Waals surface area contributed by atoms with Crippen molar-refractivity contribution in [1.82, 2.24) is 0 Å². The SMILES string of the molecule is CCCCCCC=CCCCCC(=O)C(=O)O. The predicted molar refractivity (Wildman–Crippen MR) is 69.0 cm³/mol. The molecule has 0 atom stereocenters. The molecule has 0 aromatic carbocycles. The highest BCUT2D eigenvalue weighted by Crippen LogP contribution is 2.05. The Labute approximate surface area is 104 Å². The van der Waals surface area contributed by atoms with E-state index in [0.717, 1.165) is 19.3 Å². The Kier molecular flexibility index (Phi) is 10.6. The minimum Gasteiger partial charge on any atom is -0.476 e. The van der Waals surface area contributed by atoms with E-state index in [1.54, 1.807) is 0 Å². The zero-order chi connectivity index (χ0) is 12.9. The molecule has 0 unspecified atom stereocenters. The highest BCUT2D eigenvalue weighted by atomic mass is 16.4. The molecule has 0 aliphatic heterocycles. The molecule has 17 heavy (non-hydrogen) atoms. The van der Waals surface area contributed by atoms with E-state index in [-0.39, 0.29) is 6.42 Å². The lowest BCUT2D eigenvalue weighted by molar-refractivity contribution is -0.149. The Bertz CT molecular complexity index is 244. The third-order valence-corrected chi connectivity index (χ3v) is 2.65. The Balaban J connectivity index is 3.25. The summed E-state index contributed by atoms with van der Waals surface area (Å²) in [6.07, 6.45) is 13.3. The Hall–Kier alpha value is -1.12. The second-order valence-corrected chi connectivity index (χ2v) is 4.29. The van der Waals surface area contributed by atoms with Gasteiger partial charge in [0.25, 0.3) is 0 Å². The molecule has 0 aromatic heterocycles. The number of carboxylic acid groups (broad SMARTS) is 1. The van der Waals surface area contributed by atoms with E-state index >= 15 is 0 Å². The van der Waals surface area contributed by atoms with Gasteiger partial charge in [0.1, 0.15) is 0 Å². The lowest BCUT2D eigenvalue weighted by atomic mass is 10.1. The largest absolute Gasteiger partial charge is 0.476 e. The summed E-state index contributed by atoms with van der Waals surface area (Å²) >= 11 is 0. The standard InChI is InChI=1S/C14H24O3/c1-2-3-4-5-6-7-8-9-10-11-12-13(15)14(16)17/h7-8H,2-6,9-12H2,1H3,(H,16,17). The van der Waals surface area contributed by atoms with Crippen LogP contribution in [-0.2, 0) is 9.59 Å². The van der Waals surface area contributed by atoms with Crippen LogP contribution in [0.5, 0.6) is 0 Å². The Morgan fingerprint density at radius 3 is 2.06 bits per heavy atom. The van der Waals surface area contributed by atoms with Gasteiger partial charge in [-0.15, -0.1) is 0 Å². The van der Waals surface area contributed by atoms with Crippen LogP contribution in [0.3, 0.4) is 0 Å². The molecule has 0 amide bonds. The maximum absolute atomic E-state index is 10.8. The molecule has 0 bridgehead atoms. The number of hydrogen-bond acceptors (Lipinski definition) is 2. The number of Topliss-reactive ketones (excluding diaryl/α,β-unsaturated/α-hetero) is 1. The molecule has 0 heterocycles. The van der Waals surface area contributed by atoms with E-state index in [9.17, 15) is 9.59 Å². The third-order valence-electron chi connectivity index (χ3n) is 2.65. The number of carboxylic acids is 1. The van der Waals surface area contributed by atoms with Crippen molar-refractivity contribution in [2.75, 3.05) is 0 Å². The van der Waals surface area contributed by atoms with Crippen LogP contribution in [0.4, 0.5) is 0 Å². The van der Waals surface area contributed by atoms with Gasteiger partial charge in [0.05, 0.1) is 0 Å². The maximum atomic E-state index is 10.8. The minimum atomic E-state index is -1.31. The van der Waals surface area contributed by atoms with E-state index in [0.29, 0.717) is 6.42 Å². The maximum Gasteiger partial charge on any atom is 0.372 e. The van der Waals surface area contributed by atoms with Crippen LogP contribution in [0.25, 0.3) is 0 Å². The van der Waals surface area contributed by atoms with Gasteiger partial charge in [0.15, 0.2) is 0 Å². The van der Waals surface area contributed by atoms with E-state index < -0.39 is 11.8 Å². The second-order valence-electron chi connectivity index (χ2n) is 4.29. The van der Waals surface area contributed by atoms with Gasteiger partial charge >= 0.3 is 5.97 Å². The number of carbonyl (C=O) groups excluding carboxylic acids is 1. The van der Waals surface area contributed by atoms with Crippen molar-refractivity contribution in [2.24, 2.45) is 0 Å². The quantitative estimate of drug-likeness (QED) is 0.340. The van der Waals surface area contributed by atoms with Crippen molar-refractivity contribution in [3.63, 3.8) is 0 Å². The van der Waals surface area contributed by atoms with Crippen molar-refractivity contribution in [3.05, 3.63) is 12.2 Å². The number of ketones is 1. The fourth-order valence-corrected chi connectivity index (χ4v) is 1.58. The third kappa shape index (κ3) is 11.1. The average molecular weight is 240 g/mol. The summed E-state index contributed by atoms with van der Waals surface area (Å²) in [7, 11) is 0. The Morgan fingerprint density at radius 2 is 1.53 bits per heavy atom. The first kappa shape index (κ1) is 15.9. The second kappa shape index (κ2) is 11.4. The molecule has 1 N–H and O–H groups in total. The summed E-state index contributed by atoms with van der Waals surface area (Å²) in [5, 5.41) is 8.36. The summed E-state index contributed by atoms with van der Waals surface area (Å²) in [4.78, 5) is 21.0. The predicted octanol–water partition coefficient (Wildman–Crippen LogP) is 3.73. The average Bonchev–Trinajstić information content (AvgIpc) is 2.31. The summed E-state index contributed by atoms with van der Waals surface area (Å²) in [6, 6.07) is 0. The lowest BCUT2D eigenvalue weighted by Crippen LogP contribution is -2.11. The highest BCUT2D eigenvalue weighted by molar-refractivity contribution is 6.32. The van der Waals surface area contributed by atoms with Gasteiger partial charge in [-0.1, -0.05) is 38.3 Å². The number of aliphatic carboxylic acids is 1. The van der Waals surface area contributed by atoms with E-state index in [1.807, 2.05) is 0 Å². The molecule has 0 saturated carbocycles. The highest BCUT2D eigenvalue weighted by Gasteiger charge is 2.09. The molecule has 0 radical (unpaired) electrons. The van der Waals surface area contributed by atoms with Crippen LogP contribution in [0.1, 0.15) is 64.7 Å². The number of carbonyl (C=O) groups is 2. The number of rotatable bonds is 11. The molecule has 0 saturated heterocycles. The first-order valence-corrected chi connectivity index (χ1v) is 6.59. The summed E-state index contributed by atoms with van der Waals surface area (Å²) in [5.74, 6) is -1.98. The van der Waals surface area contributed by atoms with Crippen LogP contribution in [0.2, 0.25) is 0 Å². The van der Waals surface area contributed by atoms with E-state index in [2.05, 4.69) is 19.1 Å². The lowest BCUT2D eigenvalue weighted by Gasteiger charge is -1.96. The van der Waals surface area contributed by atoms with Crippen molar-refractivity contribution in [2.45, 2.75) is 64.7 Å². The van der Waals surface area contributed by atoms with Gasteiger partial charge < -0.3 is 5.11 Å². The molecule has 98 valence electrons. The molecule has 3 heteroatoms. The summed E-state index contributed by atoms with van der Waals surface area (Å²) in [6.45, 7) is 2.20. The normalized spacial score (nSPS) is 10.9. The van der Waals surface area contributed by atoms with Crippen LogP contribution < -0.4 is 0 Å². The molecule has 0 fully saturated rings. The van der Waals surface area contributed by atoms with Crippen molar-refractivity contribution in [3.8, 4) is 0 Å². The fourth-order valence-electron chi connectivity index (χ4n) is 1.58. The smallest absolute Gasteiger partial charge is 0.372 e. The van der Waals surface area contributed by atoms with Gasteiger partial charge in [-0.3, -0.25) is 4.79 Å². The van der Waals surface area contributed by atoms with Crippen LogP contribution in [-0.4, -0.2) is 16.9 Å². The number of unbranched alkanes of at least 4 members (excludes halogenated alkanes) is 6. The molecular weight excluding hydrogens is 216 g/mol. The zero-order valence-electron chi connectivity index (χ0n) is 10.8. The van der Waals surface area contributed by atoms with Gasteiger partial charge in [-0.2, -0.15) is 0 Å². The van der Waals surface area contributed by atoms with E-state index in [1.165, 1.54) is 25.7 Å². The van der Waals surface area contributed by atoms with Crippen molar-refractivity contribution >= 4 is 11.8 Å². The minimum absolute atomic E-state index is 0.166. The van der Waals surface area contributed by atoms with Gasteiger partial charge in [0, 0.05) is 6.42 Å². The van der Waals surface area contributed by atoms with Gasteiger partial charge in [-0.05, 0) is 32.1 Å². The molecule has 0 aromatic rings. The summed E-state index contributed by atoms with van der Waals surface area (Å²) < 4.78 is 0. The van der Waals surface area contributed by atoms with Crippen molar-refractivity contribution in [1.29, 1.82) is 0 Å². The summed E-state index contributed by atoms with van der Waals surface area (Å²) in [5.41, 5.74) is 0. The molecular formula is C14H24O3. The topological polar surface area (TPSA) is 54.4 Å².